The summed E-state index contributed by atoms with van der Waals surface area (Å²) in [5, 5.41) is 9.08. The van der Waals surface area contributed by atoms with Crippen molar-refractivity contribution in [1.29, 1.82) is 0 Å². The van der Waals surface area contributed by atoms with Gasteiger partial charge >= 0.3 is 11.8 Å². The van der Waals surface area contributed by atoms with Gasteiger partial charge < -0.3 is 15.4 Å². The van der Waals surface area contributed by atoms with E-state index in [2.05, 4.69) is 22.7 Å². The number of aryl methyl sites for hydroxylation is 1. The lowest BCUT2D eigenvalue weighted by molar-refractivity contribution is -0.133. The number of carbonyl (C=O) groups is 2. The molecule has 0 spiro atoms. The first-order valence-electron chi connectivity index (χ1n) is 9.31. The molecule has 1 aliphatic rings. The summed E-state index contributed by atoms with van der Waals surface area (Å²) in [6.45, 7) is 2.77. The monoisotopic (exact) mass is 370 g/mol. The molecule has 27 heavy (non-hydrogen) atoms. The molecule has 2 atom stereocenters. The average molecular weight is 370 g/mol. The van der Waals surface area contributed by atoms with Gasteiger partial charge in [-0.2, -0.15) is 5.10 Å². The number of nitrogens with one attached hydrogen (secondary N) is 2. The van der Waals surface area contributed by atoms with Crippen LogP contribution in [0.3, 0.4) is 0 Å². The first kappa shape index (κ1) is 19.1. The molecule has 1 aliphatic carbocycles. The van der Waals surface area contributed by atoms with Crippen molar-refractivity contribution in [2.24, 2.45) is 13.0 Å². The van der Waals surface area contributed by atoms with Crippen LogP contribution in [0.5, 0.6) is 0 Å². The fraction of sp³-hybridized carbons (Fsp3) is 0.450. The second kappa shape index (κ2) is 8.81. The summed E-state index contributed by atoms with van der Waals surface area (Å²) in [7, 11) is 1.73. The molecule has 1 heterocycles. The van der Waals surface area contributed by atoms with Crippen LogP contribution in [0.15, 0.2) is 36.7 Å². The number of amides is 2. The standard InChI is InChI=1S/C20H26N4O3/c1-14-5-3-8-18(9-14)27-13-15-6-4-7-16(10-15)22-19(25)20(26)23-17-11-21-24(2)12-17/h4,6-7,10-12,14,18H,3,5,8-9,13H2,1-2H3,(H,22,25)(H,23,26)/t14-,18-/m1/s1. The summed E-state index contributed by atoms with van der Waals surface area (Å²) in [6, 6.07) is 7.39. The van der Waals surface area contributed by atoms with Crippen LogP contribution >= 0.6 is 0 Å². The van der Waals surface area contributed by atoms with Gasteiger partial charge in [0.2, 0.25) is 0 Å². The quantitative estimate of drug-likeness (QED) is 0.792. The van der Waals surface area contributed by atoms with Crippen molar-refractivity contribution in [1.82, 2.24) is 9.78 Å². The van der Waals surface area contributed by atoms with Gasteiger partial charge in [0, 0.05) is 18.9 Å². The van der Waals surface area contributed by atoms with Crippen LogP contribution < -0.4 is 10.6 Å². The summed E-state index contributed by atoms with van der Waals surface area (Å²) in [6.07, 6.45) is 8.11. The molecule has 0 bridgehead atoms. The molecule has 1 fully saturated rings. The Morgan fingerprint density at radius 1 is 1.22 bits per heavy atom. The predicted octanol–water partition coefficient (Wildman–Crippen LogP) is 3.09. The minimum Gasteiger partial charge on any atom is -0.374 e. The molecular formula is C20H26N4O3. The van der Waals surface area contributed by atoms with E-state index < -0.39 is 11.8 Å². The van der Waals surface area contributed by atoms with Gasteiger partial charge in [-0.1, -0.05) is 31.9 Å². The van der Waals surface area contributed by atoms with Crippen molar-refractivity contribution in [2.45, 2.75) is 45.3 Å². The Morgan fingerprint density at radius 2 is 2.00 bits per heavy atom. The number of anilines is 2. The van der Waals surface area contributed by atoms with Crippen molar-refractivity contribution in [3.63, 3.8) is 0 Å². The first-order valence-corrected chi connectivity index (χ1v) is 9.31. The maximum atomic E-state index is 12.1. The fourth-order valence-electron chi connectivity index (χ4n) is 3.34. The van der Waals surface area contributed by atoms with E-state index >= 15 is 0 Å². The Balaban J connectivity index is 1.52. The molecule has 7 heteroatoms. The van der Waals surface area contributed by atoms with Gasteiger partial charge in [-0.3, -0.25) is 14.3 Å². The Bertz CT molecular complexity index is 802. The second-order valence-electron chi connectivity index (χ2n) is 7.22. The van der Waals surface area contributed by atoms with Crippen LogP contribution in [0.25, 0.3) is 0 Å². The highest BCUT2D eigenvalue weighted by molar-refractivity contribution is 6.43. The van der Waals surface area contributed by atoms with Crippen LogP contribution in [-0.2, 0) is 28.0 Å². The molecule has 0 aliphatic heterocycles. The number of ether oxygens (including phenoxy) is 1. The number of hydrogen-bond donors (Lipinski definition) is 2. The average Bonchev–Trinajstić information content (AvgIpc) is 3.05. The molecule has 7 nitrogen and oxygen atoms in total. The van der Waals surface area contributed by atoms with Crippen molar-refractivity contribution in [3.8, 4) is 0 Å². The minimum absolute atomic E-state index is 0.303. The third-order valence-electron chi connectivity index (χ3n) is 4.73. The Hall–Kier alpha value is -2.67. The zero-order valence-electron chi connectivity index (χ0n) is 15.8. The fourth-order valence-corrected chi connectivity index (χ4v) is 3.34. The summed E-state index contributed by atoms with van der Waals surface area (Å²) in [4.78, 5) is 24.1. The number of benzene rings is 1. The molecule has 1 aromatic carbocycles. The molecule has 0 radical (unpaired) electrons. The number of rotatable bonds is 5. The molecule has 1 aromatic heterocycles. The van der Waals surface area contributed by atoms with E-state index in [1.165, 1.54) is 19.0 Å². The van der Waals surface area contributed by atoms with Crippen LogP contribution in [-0.4, -0.2) is 27.7 Å². The topological polar surface area (TPSA) is 85.2 Å². The summed E-state index contributed by atoms with van der Waals surface area (Å²) >= 11 is 0. The third-order valence-corrected chi connectivity index (χ3v) is 4.73. The van der Waals surface area contributed by atoms with Crippen LogP contribution in [0.2, 0.25) is 0 Å². The second-order valence-corrected chi connectivity index (χ2v) is 7.22. The van der Waals surface area contributed by atoms with Gasteiger partial charge in [0.25, 0.3) is 0 Å². The lowest BCUT2D eigenvalue weighted by Crippen LogP contribution is -2.29. The summed E-state index contributed by atoms with van der Waals surface area (Å²) in [5.74, 6) is -0.744. The number of aromatic nitrogens is 2. The zero-order valence-corrected chi connectivity index (χ0v) is 15.8. The van der Waals surface area contributed by atoms with Crippen molar-refractivity contribution < 1.29 is 14.3 Å². The van der Waals surface area contributed by atoms with Gasteiger partial charge in [0.15, 0.2) is 0 Å². The largest absolute Gasteiger partial charge is 0.374 e. The smallest absolute Gasteiger partial charge is 0.314 e. The van der Waals surface area contributed by atoms with Gasteiger partial charge in [-0.05, 0) is 36.5 Å². The molecule has 3 rings (SSSR count). The lowest BCUT2D eigenvalue weighted by Gasteiger charge is -2.26. The van der Waals surface area contributed by atoms with Crippen molar-refractivity contribution in [3.05, 3.63) is 42.2 Å². The minimum atomic E-state index is -0.735. The Kier molecular flexibility index (Phi) is 6.24. The SMILES string of the molecule is C[C@@H]1CCC[C@@H](OCc2cccc(NC(=O)C(=O)Nc3cnn(C)c3)c2)C1. The highest BCUT2D eigenvalue weighted by Crippen LogP contribution is 2.26. The maximum Gasteiger partial charge on any atom is 0.314 e. The first-order chi connectivity index (χ1) is 13.0. The van der Waals surface area contributed by atoms with E-state index in [0.29, 0.717) is 30.0 Å². The van der Waals surface area contributed by atoms with Gasteiger partial charge in [0.1, 0.15) is 0 Å². The van der Waals surface area contributed by atoms with Crippen LogP contribution in [0, 0.1) is 5.92 Å². The van der Waals surface area contributed by atoms with Crippen LogP contribution in [0.1, 0.15) is 38.2 Å². The third kappa shape index (κ3) is 5.65. The Morgan fingerprint density at radius 3 is 2.70 bits per heavy atom. The zero-order chi connectivity index (χ0) is 19.2. The number of nitrogens with zero attached hydrogens (tertiary/aromatic N) is 2. The van der Waals surface area contributed by atoms with E-state index in [9.17, 15) is 9.59 Å². The number of hydrogen-bond acceptors (Lipinski definition) is 4. The van der Waals surface area contributed by atoms with Gasteiger partial charge in [0.05, 0.1) is 24.6 Å². The van der Waals surface area contributed by atoms with E-state index in [-0.39, 0.29) is 0 Å². The molecule has 0 saturated heterocycles. The summed E-state index contributed by atoms with van der Waals surface area (Å²) in [5.41, 5.74) is 2.01. The van der Waals surface area contributed by atoms with Crippen molar-refractivity contribution in [2.75, 3.05) is 10.6 Å². The normalized spacial score (nSPS) is 19.5. The van der Waals surface area contributed by atoms with E-state index in [4.69, 9.17) is 4.74 Å². The van der Waals surface area contributed by atoms with Crippen LogP contribution in [0.4, 0.5) is 11.4 Å². The molecule has 1 saturated carbocycles. The lowest BCUT2D eigenvalue weighted by atomic mass is 9.89. The van der Waals surface area contributed by atoms with Gasteiger partial charge in [-0.15, -0.1) is 0 Å². The van der Waals surface area contributed by atoms with Gasteiger partial charge in [-0.25, -0.2) is 0 Å². The summed E-state index contributed by atoms with van der Waals surface area (Å²) < 4.78 is 7.57. The van der Waals surface area contributed by atoms with E-state index in [0.717, 1.165) is 18.4 Å². The molecule has 0 unspecified atom stereocenters. The molecule has 2 aromatic rings. The molecule has 144 valence electrons. The van der Waals surface area contributed by atoms with E-state index in [1.54, 1.807) is 24.0 Å². The maximum absolute atomic E-state index is 12.1. The van der Waals surface area contributed by atoms with E-state index in [1.807, 2.05) is 18.2 Å². The molecule has 2 N–H and O–H groups in total. The number of carbonyl (C=O) groups excluding carboxylic acids is 2. The Labute approximate surface area is 159 Å². The molecular weight excluding hydrogens is 344 g/mol. The van der Waals surface area contributed by atoms with Crippen molar-refractivity contribution >= 4 is 23.2 Å². The highest BCUT2D eigenvalue weighted by Gasteiger charge is 2.19. The predicted molar refractivity (Wildman–Crippen MR) is 103 cm³/mol. The molecule has 2 amide bonds. The highest BCUT2D eigenvalue weighted by atomic mass is 16.5.